The minimum atomic E-state index is 0.213. The molecular formula is C27H32N4O. The van der Waals surface area contributed by atoms with E-state index in [1.807, 2.05) is 12.4 Å². The summed E-state index contributed by atoms with van der Waals surface area (Å²) in [6, 6.07) is 18.3. The van der Waals surface area contributed by atoms with Gasteiger partial charge in [0.2, 0.25) is 0 Å². The molecule has 2 aliphatic rings. The van der Waals surface area contributed by atoms with Crippen LogP contribution in [-0.2, 0) is 6.54 Å². The molecule has 0 aliphatic carbocycles. The van der Waals surface area contributed by atoms with Gasteiger partial charge >= 0.3 is 0 Å². The van der Waals surface area contributed by atoms with Gasteiger partial charge in [0.25, 0.3) is 0 Å². The van der Waals surface area contributed by atoms with Crippen LogP contribution >= 0.6 is 0 Å². The molecule has 3 atom stereocenters. The number of aliphatic hydroxyl groups excluding tert-OH is 1. The number of aliphatic hydroxyl groups is 1. The molecule has 166 valence electrons. The van der Waals surface area contributed by atoms with Crippen LogP contribution in [0.5, 0.6) is 0 Å². The number of benzene rings is 2. The smallest absolute Gasteiger partial charge is 0.115 e. The summed E-state index contributed by atoms with van der Waals surface area (Å²) < 4.78 is 0. The highest BCUT2D eigenvalue weighted by atomic mass is 16.3. The van der Waals surface area contributed by atoms with Gasteiger partial charge in [-0.05, 0) is 49.5 Å². The summed E-state index contributed by atoms with van der Waals surface area (Å²) in [5.41, 5.74) is 6.28. The first kappa shape index (κ1) is 21.3. The van der Waals surface area contributed by atoms with Crippen molar-refractivity contribution in [1.29, 1.82) is 0 Å². The Bertz CT molecular complexity index is 1020. The highest BCUT2D eigenvalue weighted by Crippen LogP contribution is 2.42. The van der Waals surface area contributed by atoms with Gasteiger partial charge in [0, 0.05) is 49.0 Å². The quantitative estimate of drug-likeness (QED) is 0.668. The lowest BCUT2D eigenvalue weighted by Crippen LogP contribution is -2.67. The van der Waals surface area contributed by atoms with Gasteiger partial charge in [-0.3, -0.25) is 9.80 Å². The first-order chi connectivity index (χ1) is 15.7. The molecule has 1 aromatic heterocycles. The van der Waals surface area contributed by atoms with E-state index in [-0.39, 0.29) is 12.6 Å². The topological polar surface area (TPSA) is 52.5 Å². The number of hydrogen-bond acceptors (Lipinski definition) is 5. The number of nitrogens with zero attached hydrogens (tertiary/aromatic N) is 4. The molecule has 5 rings (SSSR count). The monoisotopic (exact) mass is 428 g/mol. The summed E-state index contributed by atoms with van der Waals surface area (Å²) in [5.74, 6) is 0.360. The maximum atomic E-state index is 10.2. The second kappa shape index (κ2) is 9.49. The molecule has 0 radical (unpaired) electrons. The van der Waals surface area contributed by atoms with Crippen LogP contribution in [0.1, 0.15) is 35.4 Å². The van der Waals surface area contributed by atoms with E-state index >= 15 is 0 Å². The maximum absolute atomic E-state index is 10.2. The van der Waals surface area contributed by atoms with Crippen LogP contribution in [-0.4, -0.2) is 63.2 Å². The summed E-state index contributed by atoms with van der Waals surface area (Å²) in [4.78, 5) is 13.4. The van der Waals surface area contributed by atoms with E-state index in [9.17, 15) is 5.11 Å². The van der Waals surface area contributed by atoms with Crippen LogP contribution < -0.4 is 0 Å². The molecule has 0 bridgehead atoms. The van der Waals surface area contributed by atoms with Crippen LogP contribution in [0.2, 0.25) is 0 Å². The van der Waals surface area contributed by atoms with Gasteiger partial charge in [-0.1, -0.05) is 54.1 Å². The Kier molecular flexibility index (Phi) is 6.30. The number of aryl methyl sites for hydroxylation is 1. The minimum Gasteiger partial charge on any atom is -0.395 e. The van der Waals surface area contributed by atoms with Crippen molar-refractivity contribution in [2.24, 2.45) is 0 Å². The molecule has 3 heterocycles. The van der Waals surface area contributed by atoms with Crippen molar-refractivity contribution >= 4 is 0 Å². The number of fused-ring (bicyclic) bond motifs is 1. The van der Waals surface area contributed by atoms with Gasteiger partial charge in [0.1, 0.15) is 6.33 Å². The molecule has 2 fully saturated rings. The summed E-state index contributed by atoms with van der Waals surface area (Å²) in [5, 5.41) is 10.2. The second-order valence-corrected chi connectivity index (χ2v) is 9.26. The van der Waals surface area contributed by atoms with Crippen LogP contribution in [0.3, 0.4) is 0 Å². The molecular weight excluding hydrogens is 396 g/mol. The number of hydrogen-bond donors (Lipinski definition) is 1. The Labute approximate surface area is 190 Å². The Morgan fingerprint density at radius 1 is 0.969 bits per heavy atom. The lowest BCUT2D eigenvalue weighted by Gasteiger charge is -2.57. The van der Waals surface area contributed by atoms with Gasteiger partial charge in [-0.2, -0.15) is 0 Å². The zero-order chi connectivity index (χ0) is 21.9. The van der Waals surface area contributed by atoms with Crippen LogP contribution in [0, 0.1) is 6.92 Å². The third-order valence-corrected chi connectivity index (χ3v) is 7.12. The van der Waals surface area contributed by atoms with E-state index < -0.39 is 0 Å². The molecule has 1 N–H and O–H groups in total. The van der Waals surface area contributed by atoms with Crippen molar-refractivity contribution in [1.82, 2.24) is 19.8 Å². The van der Waals surface area contributed by atoms with E-state index in [1.165, 1.54) is 35.1 Å². The van der Waals surface area contributed by atoms with E-state index in [0.717, 1.165) is 31.7 Å². The van der Waals surface area contributed by atoms with Gasteiger partial charge in [0.15, 0.2) is 0 Å². The van der Waals surface area contributed by atoms with E-state index in [4.69, 9.17) is 0 Å². The molecule has 0 amide bonds. The first-order valence-corrected chi connectivity index (χ1v) is 11.7. The minimum absolute atomic E-state index is 0.213. The molecule has 32 heavy (non-hydrogen) atoms. The van der Waals surface area contributed by atoms with Gasteiger partial charge < -0.3 is 5.11 Å². The van der Waals surface area contributed by atoms with Crippen molar-refractivity contribution in [2.75, 3.05) is 26.2 Å². The predicted octanol–water partition coefficient (Wildman–Crippen LogP) is 3.88. The van der Waals surface area contributed by atoms with E-state index in [2.05, 4.69) is 75.2 Å². The van der Waals surface area contributed by atoms with Gasteiger partial charge in [0.05, 0.1) is 6.61 Å². The average molecular weight is 429 g/mol. The van der Waals surface area contributed by atoms with Crippen molar-refractivity contribution < 1.29 is 5.11 Å². The van der Waals surface area contributed by atoms with Gasteiger partial charge in [-0.15, -0.1) is 0 Å². The normalized spacial score (nSPS) is 24.2. The Hall–Kier alpha value is -2.60. The van der Waals surface area contributed by atoms with Crippen molar-refractivity contribution in [3.8, 4) is 11.1 Å². The fraction of sp³-hybridized carbons (Fsp3) is 0.407. The average Bonchev–Trinajstić information content (AvgIpc) is 2.81. The summed E-state index contributed by atoms with van der Waals surface area (Å²) in [7, 11) is 0. The standard InChI is InChI=1S/C27H32N4O/c1-20-5-4-6-24(13-20)22-7-9-23(10-8-22)27-25-17-30(16-21-14-28-19-29-15-21)11-2-3-12-31(25)26(27)18-32/h4-10,13-15,19,25-27,32H,2-3,11-12,16-18H2,1H3/t25-,26+,27+/m1/s1. The highest BCUT2D eigenvalue weighted by Gasteiger charge is 2.49. The Morgan fingerprint density at radius 2 is 1.75 bits per heavy atom. The van der Waals surface area contributed by atoms with Crippen molar-refractivity contribution in [3.63, 3.8) is 0 Å². The number of aromatic nitrogens is 2. The molecule has 2 saturated heterocycles. The Morgan fingerprint density at radius 3 is 2.50 bits per heavy atom. The lowest BCUT2D eigenvalue weighted by molar-refractivity contribution is -0.0655. The first-order valence-electron chi connectivity index (χ1n) is 11.7. The van der Waals surface area contributed by atoms with Crippen LogP contribution in [0.25, 0.3) is 11.1 Å². The molecule has 3 aromatic rings. The highest BCUT2D eigenvalue weighted by molar-refractivity contribution is 5.64. The third kappa shape index (κ3) is 4.33. The summed E-state index contributed by atoms with van der Waals surface area (Å²) in [6.45, 7) is 6.42. The van der Waals surface area contributed by atoms with Crippen molar-refractivity contribution in [3.05, 3.63) is 83.9 Å². The third-order valence-electron chi connectivity index (χ3n) is 7.12. The predicted molar refractivity (Wildman–Crippen MR) is 127 cm³/mol. The zero-order valence-corrected chi connectivity index (χ0v) is 18.8. The SMILES string of the molecule is Cc1cccc(-c2ccc([C@H]3[C@H]4CN(Cc5cncnc5)CCCCN4[C@H]3CO)cc2)c1. The van der Waals surface area contributed by atoms with E-state index in [0.29, 0.717) is 12.0 Å². The summed E-state index contributed by atoms with van der Waals surface area (Å²) in [6.07, 6.45) is 7.79. The van der Waals surface area contributed by atoms with Gasteiger partial charge in [-0.25, -0.2) is 9.97 Å². The fourth-order valence-electron chi connectivity index (χ4n) is 5.55. The molecule has 5 heteroatoms. The van der Waals surface area contributed by atoms with Crippen LogP contribution in [0.15, 0.2) is 67.3 Å². The second-order valence-electron chi connectivity index (χ2n) is 9.26. The maximum Gasteiger partial charge on any atom is 0.115 e. The molecule has 0 unspecified atom stereocenters. The van der Waals surface area contributed by atoms with E-state index in [1.54, 1.807) is 6.33 Å². The molecule has 2 aliphatic heterocycles. The largest absolute Gasteiger partial charge is 0.395 e. The molecule has 0 spiro atoms. The molecule has 0 saturated carbocycles. The Balaban J connectivity index is 1.36. The number of rotatable bonds is 5. The molecule has 5 nitrogen and oxygen atoms in total. The lowest BCUT2D eigenvalue weighted by atomic mass is 9.74. The fourth-order valence-corrected chi connectivity index (χ4v) is 5.55. The zero-order valence-electron chi connectivity index (χ0n) is 18.8. The van der Waals surface area contributed by atoms with Crippen LogP contribution in [0.4, 0.5) is 0 Å². The summed E-state index contributed by atoms with van der Waals surface area (Å²) >= 11 is 0. The molecule has 2 aromatic carbocycles. The van der Waals surface area contributed by atoms with Crippen molar-refractivity contribution in [2.45, 2.75) is 44.3 Å².